The van der Waals surface area contributed by atoms with Crippen LogP contribution in [-0.2, 0) is 30.4 Å². The summed E-state index contributed by atoms with van der Waals surface area (Å²) < 4.78 is 98.4. The fraction of sp³-hybridized carbons (Fsp3) is 0. The van der Waals surface area contributed by atoms with E-state index in [1.54, 1.807) is 0 Å². The Morgan fingerprint density at radius 1 is 0.696 bits per heavy atom. The fourth-order valence-corrected chi connectivity index (χ4v) is 5.20. The first kappa shape index (κ1) is 30.3. The number of hydrogen-bond donors (Lipinski definition) is 0. The van der Waals surface area contributed by atoms with Crippen LogP contribution < -0.4 is 88.7 Å². The predicted octanol–water partition coefficient (Wildman–Crippen LogP) is -9.28. The maximum atomic E-state index is 11.0. The number of hydrogen-bond acceptors (Lipinski definition) is 9. The minimum absolute atomic E-state index is 0. The second kappa shape index (κ2) is 10.2. The summed E-state index contributed by atoms with van der Waals surface area (Å²) in [4.78, 5) is -5.69. The van der Waals surface area contributed by atoms with Gasteiger partial charge in [-0.1, -0.05) is 23.2 Å². The summed E-state index contributed by atoms with van der Waals surface area (Å²) >= 11 is 10.6. The molecule has 0 bridgehead atoms. The molecule has 114 valence electrons. The van der Waals surface area contributed by atoms with Crippen LogP contribution in [0.15, 0.2) is 20.8 Å². The van der Waals surface area contributed by atoms with E-state index in [1.165, 1.54) is 0 Å². The Morgan fingerprint density at radius 3 is 1.30 bits per heavy atom. The number of halogens is 2. The molecule has 1 rings (SSSR count). The molecule has 17 heteroatoms. The van der Waals surface area contributed by atoms with Gasteiger partial charge in [0.2, 0.25) is 0 Å². The summed E-state index contributed by atoms with van der Waals surface area (Å²) in [5, 5.41) is -2.08. The van der Waals surface area contributed by atoms with Gasteiger partial charge in [-0.2, -0.15) is 0 Å². The molecule has 0 aliphatic rings. The molecule has 0 aliphatic heterocycles. The summed E-state index contributed by atoms with van der Waals surface area (Å²) in [6.45, 7) is 0. The first-order chi connectivity index (χ1) is 8.67. The second-order valence-electron chi connectivity index (χ2n) is 3.19. The number of rotatable bonds is 3. The Bertz CT molecular complexity index is 895. The molecule has 0 saturated carbocycles. The monoisotopic (exact) mass is 452 g/mol. The molecule has 0 spiro atoms. The van der Waals surface area contributed by atoms with E-state index in [2.05, 4.69) is 0 Å². The van der Waals surface area contributed by atoms with Gasteiger partial charge in [0, 0.05) is 0 Å². The molecular weight excluding hydrogens is 452 g/mol. The van der Waals surface area contributed by atoms with Gasteiger partial charge in [0.15, 0.2) is 0 Å². The Morgan fingerprint density at radius 2 is 1.04 bits per heavy atom. The van der Waals surface area contributed by atoms with E-state index in [0.717, 1.165) is 0 Å². The van der Waals surface area contributed by atoms with Crippen LogP contribution in [0.5, 0.6) is 0 Å². The Balaban J connectivity index is -0.00000133. The molecule has 0 saturated heterocycles. The average molecular weight is 453 g/mol. The van der Waals surface area contributed by atoms with E-state index in [1.807, 2.05) is 0 Å². The fourth-order valence-electron chi connectivity index (χ4n) is 1.21. The van der Waals surface area contributed by atoms with E-state index in [0.29, 0.717) is 0 Å². The van der Waals surface area contributed by atoms with Crippen LogP contribution in [-0.4, -0.2) is 38.9 Å². The summed E-state index contributed by atoms with van der Waals surface area (Å²) in [6, 6.07) is 0.172. The van der Waals surface area contributed by atoms with Gasteiger partial charge in [0.05, 0.1) is 24.7 Å². The molecule has 1 aromatic carbocycles. The molecule has 0 heterocycles. The SMILES string of the molecule is O=S(=O)([O-])c1cc(Cl)c(Cl)c(S(=O)(=O)[O-])c1S(=O)(=O)[O-].[Na+].[Na+].[Na+]. The third kappa shape index (κ3) is 7.58. The minimum Gasteiger partial charge on any atom is -0.744 e. The van der Waals surface area contributed by atoms with Crippen LogP contribution >= 0.6 is 23.2 Å². The van der Waals surface area contributed by atoms with Crippen LogP contribution in [0.3, 0.4) is 0 Å². The van der Waals surface area contributed by atoms with Crippen molar-refractivity contribution in [3.05, 3.63) is 16.1 Å². The van der Waals surface area contributed by atoms with Crippen molar-refractivity contribution in [2.24, 2.45) is 0 Å². The molecule has 0 radical (unpaired) electrons. The van der Waals surface area contributed by atoms with Gasteiger partial charge in [-0.05, 0) is 6.07 Å². The summed E-state index contributed by atoms with van der Waals surface area (Å²) in [5.74, 6) is 0. The Hall–Kier alpha value is 2.53. The first-order valence-corrected chi connectivity index (χ1v) is 9.05. The number of benzene rings is 1. The van der Waals surface area contributed by atoms with E-state index in [9.17, 15) is 38.9 Å². The third-order valence-corrected chi connectivity index (χ3v) is 5.72. The van der Waals surface area contributed by atoms with Gasteiger partial charge in [0.1, 0.15) is 30.4 Å². The van der Waals surface area contributed by atoms with Crippen molar-refractivity contribution < 1.29 is 128 Å². The maximum Gasteiger partial charge on any atom is 1.00 e. The van der Waals surface area contributed by atoms with E-state index in [-0.39, 0.29) is 94.7 Å². The first-order valence-electron chi connectivity index (χ1n) is 4.07. The van der Waals surface area contributed by atoms with Crippen LogP contribution in [0.2, 0.25) is 10.0 Å². The van der Waals surface area contributed by atoms with Crippen molar-refractivity contribution >= 4 is 53.6 Å². The third-order valence-electron chi connectivity index (χ3n) is 1.87. The second-order valence-corrected chi connectivity index (χ2v) is 7.96. The molecule has 0 aromatic heterocycles. The molecule has 0 N–H and O–H groups in total. The smallest absolute Gasteiger partial charge is 0.744 e. The average Bonchev–Trinajstić information content (AvgIpc) is 2.15. The van der Waals surface area contributed by atoms with E-state index in [4.69, 9.17) is 23.2 Å². The van der Waals surface area contributed by atoms with Crippen molar-refractivity contribution in [2.45, 2.75) is 14.7 Å². The molecule has 9 nitrogen and oxygen atoms in total. The van der Waals surface area contributed by atoms with Crippen molar-refractivity contribution in [3.8, 4) is 0 Å². The molecule has 0 amide bonds. The van der Waals surface area contributed by atoms with Crippen LogP contribution in [0.25, 0.3) is 0 Å². The Kier molecular flexibility index (Phi) is 13.4. The van der Waals surface area contributed by atoms with Crippen LogP contribution in [0.4, 0.5) is 0 Å². The van der Waals surface area contributed by atoms with Gasteiger partial charge in [-0.15, -0.1) is 0 Å². The molecule has 0 fully saturated rings. The van der Waals surface area contributed by atoms with Crippen LogP contribution in [0.1, 0.15) is 0 Å². The standard InChI is InChI=1S/C6H4Cl2O9S3.3Na/c7-2-1-3(18(9,10)11)5(19(12,13)14)6(4(2)8)20(15,16)17;;;/h1H,(H,9,10,11)(H,12,13,14)(H,15,16,17);;;/q;3*+1/p-3. The van der Waals surface area contributed by atoms with Crippen molar-refractivity contribution in [1.82, 2.24) is 0 Å². The molecule has 1 aromatic rings. The zero-order chi connectivity index (χ0) is 16.1. The quantitative estimate of drug-likeness (QED) is 0.318. The van der Waals surface area contributed by atoms with Gasteiger partial charge < -0.3 is 13.7 Å². The maximum absolute atomic E-state index is 11.0. The Labute approximate surface area is 208 Å². The summed E-state index contributed by atoms with van der Waals surface area (Å²) in [7, 11) is -17.1. The predicted molar refractivity (Wildman–Crippen MR) is 60.4 cm³/mol. The van der Waals surface area contributed by atoms with Gasteiger partial charge in [0.25, 0.3) is 0 Å². The van der Waals surface area contributed by atoms with Crippen molar-refractivity contribution in [1.29, 1.82) is 0 Å². The van der Waals surface area contributed by atoms with Gasteiger partial charge in [-0.25, -0.2) is 25.3 Å². The molecule has 0 aliphatic carbocycles. The van der Waals surface area contributed by atoms with E-state index >= 15 is 0 Å². The van der Waals surface area contributed by atoms with Crippen molar-refractivity contribution in [2.75, 3.05) is 0 Å². The summed E-state index contributed by atoms with van der Waals surface area (Å²) in [5.41, 5.74) is 0. The molecule has 23 heavy (non-hydrogen) atoms. The molecule has 0 unspecified atom stereocenters. The zero-order valence-electron chi connectivity index (χ0n) is 11.7. The molecular formula is C6HCl2Na3O9S3. The molecule has 0 atom stereocenters. The van der Waals surface area contributed by atoms with Crippen LogP contribution in [0, 0.1) is 0 Å². The van der Waals surface area contributed by atoms with Gasteiger partial charge in [-0.3, -0.25) is 0 Å². The topological polar surface area (TPSA) is 172 Å². The summed E-state index contributed by atoms with van der Waals surface area (Å²) in [6.07, 6.45) is 0. The van der Waals surface area contributed by atoms with Gasteiger partial charge >= 0.3 is 88.7 Å². The normalized spacial score (nSPS) is 11.7. The zero-order valence-corrected chi connectivity index (χ0v) is 21.7. The van der Waals surface area contributed by atoms with Crippen molar-refractivity contribution in [3.63, 3.8) is 0 Å². The minimum atomic E-state index is -5.82. The largest absolute Gasteiger partial charge is 1.00 e. The van der Waals surface area contributed by atoms with E-state index < -0.39 is 55.1 Å².